The molecule has 2 aliphatic rings. The lowest BCUT2D eigenvalue weighted by Crippen LogP contribution is -2.09. The highest BCUT2D eigenvalue weighted by Crippen LogP contribution is 2.36. The molecule has 0 N–H and O–H groups in total. The maximum atomic E-state index is 11.1. The fourth-order valence-corrected chi connectivity index (χ4v) is 5.75. The first kappa shape index (κ1) is 26.9. The minimum atomic E-state index is -0.366. The number of non-ortho nitro benzene ring substituents is 2. The van der Waals surface area contributed by atoms with Crippen LogP contribution in [0.3, 0.4) is 0 Å². The third-order valence-corrected chi connectivity index (χ3v) is 7.91. The zero-order valence-electron chi connectivity index (χ0n) is 22.0. The first-order valence-electron chi connectivity index (χ1n) is 13.3. The predicted molar refractivity (Wildman–Crippen MR) is 157 cm³/mol. The van der Waals surface area contributed by atoms with Crippen molar-refractivity contribution in [3.8, 4) is 11.3 Å². The van der Waals surface area contributed by atoms with Gasteiger partial charge < -0.3 is 18.6 Å². The van der Waals surface area contributed by atoms with Gasteiger partial charge in [0.25, 0.3) is 11.4 Å². The Hall–Kier alpha value is -4.25. The van der Waals surface area contributed by atoms with Crippen LogP contribution >= 0.6 is 11.6 Å². The van der Waals surface area contributed by atoms with Crippen molar-refractivity contribution in [3.63, 3.8) is 0 Å². The van der Waals surface area contributed by atoms with E-state index in [0.717, 1.165) is 65.7 Å². The number of benzene rings is 3. The maximum Gasteiger partial charge on any atom is 0.270 e. The van der Waals surface area contributed by atoms with Crippen molar-refractivity contribution < 1.29 is 19.3 Å². The van der Waals surface area contributed by atoms with Gasteiger partial charge in [0, 0.05) is 76.2 Å². The van der Waals surface area contributed by atoms with Crippen LogP contribution in [0.4, 0.5) is 11.4 Å². The second kappa shape index (κ2) is 11.3. The predicted octanol–water partition coefficient (Wildman–Crippen LogP) is 7.34. The normalized spacial score (nSPS) is 18.5. The molecule has 3 aromatic carbocycles. The fourth-order valence-electron chi connectivity index (χ4n) is 5.62. The molecule has 7 rings (SSSR count). The number of aromatic nitrogens is 2. The number of halogens is 1. The van der Waals surface area contributed by atoms with E-state index in [1.54, 1.807) is 24.3 Å². The first-order chi connectivity index (χ1) is 19.9. The number of nitro benzene ring substituents is 2. The highest BCUT2D eigenvalue weighted by atomic mass is 35.5. The Bertz CT molecular complexity index is 1730. The molecule has 0 unspecified atom stereocenters. The van der Waals surface area contributed by atoms with E-state index in [-0.39, 0.29) is 27.3 Å². The summed E-state index contributed by atoms with van der Waals surface area (Å²) in [7, 11) is 0. The van der Waals surface area contributed by atoms with Crippen LogP contribution in [-0.4, -0.2) is 45.4 Å². The highest BCUT2D eigenvalue weighted by Gasteiger charge is 2.24. The van der Waals surface area contributed by atoms with Gasteiger partial charge in [0.15, 0.2) is 0 Å². The second-order valence-corrected chi connectivity index (χ2v) is 10.6. The lowest BCUT2D eigenvalue weighted by Gasteiger charge is -2.17. The van der Waals surface area contributed by atoms with Crippen LogP contribution in [0.25, 0.3) is 33.1 Å². The minimum Gasteiger partial charge on any atom is -0.379 e. The highest BCUT2D eigenvalue weighted by molar-refractivity contribution is 6.30. The van der Waals surface area contributed by atoms with E-state index in [1.807, 2.05) is 54.7 Å². The van der Waals surface area contributed by atoms with Crippen molar-refractivity contribution in [3.05, 3.63) is 104 Å². The largest absolute Gasteiger partial charge is 0.379 e. The molecule has 210 valence electrons. The Morgan fingerprint density at radius 2 is 1.34 bits per heavy atom. The lowest BCUT2D eigenvalue weighted by atomic mass is 10.1. The molecule has 0 saturated carbocycles. The van der Waals surface area contributed by atoms with Crippen molar-refractivity contribution in [1.29, 1.82) is 0 Å². The van der Waals surface area contributed by atoms with Gasteiger partial charge in [0.05, 0.1) is 35.1 Å². The molecule has 0 aliphatic carbocycles. The monoisotopic (exact) mass is 574 g/mol. The molecule has 2 fully saturated rings. The maximum absolute atomic E-state index is 11.1. The zero-order valence-corrected chi connectivity index (χ0v) is 22.8. The van der Waals surface area contributed by atoms with Crippen molar-refractivity contribution >= 4 is 44.8 Å². The van der Waals surface area contributed by atoms with E-state index in [0.29, 0.717) is 17.7 Å². The molecular weight excluding hydrogens is 548 g/mol. The van der Waals surface area contributed by atoms with Gasteiger partial charge in [-0.15, -0.1) is 0 Å². The van der Waals surface area contributed by atoms with Gasteiger partial charge in [-0.25, -0.2) is 0 Å². The molecule has 10 nitrogen and oxygen atoms in total. The molecule has 0 radical (unpaired) electrons. The summed E-state index contributed by atoms with van der Waals surface area (Å²) >= 11 is 6.00. The van der Waals surface area contributed by atoms with Crippen LogP contribution in [0.1, 0.15) is 24.9 Å². The number of ether oxygens (including phenoxy) is 2. The van der Waals surface area contributed by atoms with E-state index in [9.17, 15) is 20.2 Å². The van der Waals surface area contributed by atoms with Crippen molar-refractivity contribution in [2.75, 3.05) is 26.4 Å². The summed E-state index contributed by atoms with van der Waals surface area (Å²) in [6.45, 7) is 2.90. The van der Waals surface area contributed by atoms with Crippen LogP contribution in [0.5, 0.6) is 0 Å². The van der Waals surface area contributed by atoms with E-state index >= 15 is 0 Å². The fraction of sp³-hybridized carbons (Fsp3) is 0.267. The number of nitrogens with zero attached hydrogens (tertiary/aromatic N) is 4. The van der Waals surface area contributed by atoms with Crippen molar-refractivity contribution in [1.82, 2.24) is 9.13 Å². The summed E-state index contributed by atoms with van der Waals surface area (Å²) in [6, 6.07) is 22.1. The Balaban J connectivity index is 0.000000156. The molecule has 2 atom stereocenters. The molecule has 0 spiro atoms. The third kappa shape index (κ3) is 5.41. The molecule has 2 saturated heterocycles. The standard InChI is InChI=1S/C18H15ClN2O3.C12H12N2O3/c19-14-3-1-12(2-4-14)18-10-13-9-15(21(22)23)5-6-17(13)20(18)16-7-8-24-11-16;15-14(16)10-1-2-12-9(7-10)3-5-13(12)11-4-6-17-8-11/h1-6,9-10,16H,7-8,11H2;1-3,5,7,11H,4,6,8H2/t16-;11-/m00/s1. The Morgan fingerprint density at radius 3 is 1.95 bits per heavy atom. The summed E-state index contributed by atoms with van der Waals surface area (Å²) in [5.41, 5.74) is 4.32. The van der Waals surface area contributed by atoms with Crippen LogP contribution in [0.15, 0.2) is 79.0 Å². The Kier molecular flexibility index (Phi) is 7.44. The van der Waals surface area contributed by atoms with Crippen LogP contribution in [0.2, 0.25) is 5.02 Å². The van der Waals surface area contributed by atoms with E-state index in [2.05, 4.69) is 9.13 Å². The number of fused-ring (bicyclic) bond motifs is 2. The lowest BCUT2D eigenvalue weighted by molar-refractivity contribution is -0.384. The van der Waals surface area contributed by atoms with Gasteiger partial charge in [-0.1, -0.05) is 23.7 Å². The molecule has 2 aromatic heterocycles. The second-order valence-electron chi connectivity index (χ2n) is 10.2. The zero-order chi connectivity index (χ0) is 28.5. The SMILES string of the molecule is O=[N+]([O-])c1ccc2c(c1)cc(-c1ccc(Cl)cc1)n2[C@H]1CCOC1.O=[N+]([O-])c1ccc2c(ccn2[C@H]2CCOC2)c1. The first-order valence-corrected chi connectivity index (χ1v) is 13.7. The average Bonchev–Trinajstić information content (AvgIpc) is 3.78. The van der Waals surface area contributed by atoms with E-state index < -0.39 is 0 Å². The van der Waals surface area contributed by atoms with Gasteiger partial charge in [0.1, 0.15) is 0 Å². The molecule has 0 bridgehead atoms. The summed E-state index contributed by atoms with van der Waals surface area (Å²) in [6.07, 6.45) is 3.91. The topological polar surface area (TPSA) is 115 Å². The van der Waals surface area contributed by atoms with E-state index in [1.165, 1.54) is 0 Å². The summed E-state index contributed by atoms with van der Waals surface area (Å²) in [5, 5.41) is 24.2. The molecule has 11 heteroatoms. The molecule has 0 amide bonds. The third-order valence-electron chi connectivity index (χ3n) is 7.66. The van der Waals surface area contributed by atoms with Crippen molar-refractivity contribution in [2.45, 2.75) is 24.9 Å². The van der Waals surface area contributed by atoms with Gasteiger partial charge >= 0.3 is 0 Å². The molecule has 41 heavy (non-hydrogen) atoms. The van der Waals surface area contributed by atoms with Gasteiger partial charge in [-0.05, 0) is 54.8 Å². The summed E-state index contributed by atoms with van der Waals surface area (Å²) in [4.78, 5) is 21.0. The van der Waals surface area contributed by atoms with E-state index in [4.69, 9.17) is 21.1 Å². The van der Waals surface area contributed by atoms with Gasteiger partial charge in [0.2, 0.25) is 0 Å². The Labute approximate surface area is 239 Å². The molecule has 5 aromatic rings. The van der Waals surface area contributed by atoms with Crippen LogP contribution in [-0.2, 0) is 9.47 Å². The number of hydrogen-bond acceptors (Lipinski definition) is 6. The summed E-state index contributed by atoms with van der Waals surface area (Å²) in [5.74, 6) is 0. The van der Waals surface area contributed by atoms with Gasteiger partial charge in [-0.3, -0.25) is 20.2 Å². The molecular formula is C30H27ClN4O6. The Morgan fingerprint density at radius 1 is 0.732 bits per heavy atom. The van der Waals surface area contributed by atoms with Crippen LogP contribution in [0, 0.1) is 20.2 Å². The molecule has 2 aliphatic heterocycles. The average molecular weight is 575 g/mol. The number of nitro groups is 2. The van der Waals surface area contributed by atoms with Gasteiger partial charge in [-0.2, -0.15) is 0 Å². The molecule has 4 heterocycles. The number of rotatable bonds is 5. The minimum absolute atomic E-state index is 0.102. The number of hydrogen-bond donors (Lipinski definition) is 0. The summed E-state index contributed by atoms with van der Waals surface area (Å²) < 4.78 is 15.3. The van der Waals surface area contributed by atoms with Crippen LogP contribution < -0.4 is 0 Å². The van der Waals surface area contributed by atoms with Crippen molar-refractivity contribution in [2.24, 2.45) is 0 Å². The quantitative estimate of drug-likeness (QED) is 0.160. The smallest absolute Gasteiger partial charge is 0.270 e.